The monoisotopic (exact) mass is 302 g/mol. The van der Waals surface area contributed by atoms with Gasteiger partial charge >= 0.3 is 5.97 Å². The first-order valence-corrected chi connectivity index (χ1v) is 8.23. The van der Waals surface area contributed by atoms with Gasteiger partial charge in [0.1, 0.15) is 5.69 Å². The molecule has 1 saturated heterocycles. The topological polar surface area (TPSA) is 44.1 Å². The molecule has 0 spiro atoms. The summed E-state index contributed by atoms with van der Waals surface area (Å²) in [6.07, 6.45) is 3.27. The van der Waals surface area contributed by atoms with Gasteiger partial charge in [-0.2, -0.15) is 11.8 Å². The molecule has 0 amide bonds. The van der Waals surface area contributed by atoms with E-state index in [9.17, 15) is 4.79 Å². The predicted octanol–water partition coefficient (Wildman–Crippen LogP) is 3.01. The molecule has 1 aliphatic rings. The van der Waals surface area contributed by atoms with Crippen molar-refractivity contribution < 1.29 is 9.53 Å². The van der Waals surface area contributed by atoms with Gasteiger partial charge in [0.2, 0.25) is 0 Å². The summed E-state index contributed by atoms with van der Waals surface area (Å²) in [6.45, 7) is 2.56. The van der Waals surface area contributed by atoms with Gasteiger partial charge < -0.3 is 9.30 Å². The zero-order valence-corrected chi connectivity index (χ0v) is 12.8. The maximum Gasteiger partial charge on any atom is 0.356 e. The van der Waals surface area contributed by atoms with Gasteiger partial charge in [-0.05, 0) is 12.5 Å². The van der Waals surface area contributed by atoms with Gasteiger partial charge in [0.05, 0.1) is 25.2 Å². The van der Waals surface area contributed by atoms with Gasteiger partial charge in [0.15, 0.2) is 0 Å². The number of rotatable bonds is 5. The quantitative estimate of drug-likeness (QED) is 0.796. The molecule has 0 N–H and O–H groups in total. The van der Waals surface area contributed by atoms with Gasteiger partial charge in [-0.3, -0.25) is 0 Å². The molecule has 0 radical (unpaired) electrons. The molecule has 21 heavy (non-hydrogen) atoms. The van der Waals surface area contributed by atoms with Crippen LogP contribution in [0.1, 0.15) is 29.0 Å². The van der Waals surface area contributed by atoms with E-state index < -0.39 is 0 Å². The van der Waals surface area contributed by atoms with Gasteiger partial charge in [-0.25, -0.2) is 9.78 Å². The van der Waals surface area contributed by atoms with E-state index in [-0.39, 0.29) is 12.0 Å². The lowest BCUT2D eigenvalue weighted by atomic mass is 10.1. The summed E-state index contributed by atoms with van der Waals surface area (Å²) in [4.78, 5) is 16.3. The third-order valence-electron chi connectivity index (χ3n) is 3.73. The number of hydrogen-bond donors (Lipinski definition) is 0. The number of imidazole rings is 1. The molecule has 1 atom stereocenters. The average Bonchev–Trinajstić information content (AvgIpc) is 2.95. The fraction of sp³-hybridized carbons (Fsp3) is 0.375. The number of carbonyl (C=O) groups excluding carboxylic acids is 1. The molecular formula is C16H18N2O2S. The number of esters is 1. The Morgan fingerprint density at radius 2 is 2.19 bits per heavy atom. The van der Waals surface area contributed by atoms with Gasteiger partial charge in [-0.15, -0.1) is 0 Å². The Labute approximate surface area is 128 Å². The van der Waals surface area contributed by atoms with E-state index in [0.29, 0.717) is 18.2 Å². The summed E-state index contributed by atoms with van der Waals surface area (Å²) >= 11 is 1.89. The van der Waals surface area contributed by atoms with Crippen LogP contribution in [-0.4, -0.2) is 33.6 Å². The molecular weight excluding hydrogens is 284 g/mol. The van der Waals surface area contributed by atoms with Crippen molar-refractivity contribution in [1.82, 2.24) is 9.55 Å². The highest BCUT2D eigenvalue weighted by Crippen LogP contribution is 2.25. The first-order chi connectivity index (χ1) is 10.3. The highest BCUT2D eigenvalue weighted by molar-refractivity contribution is 8.00. The van der Waals surface area contributed by atoms with Gasteiger partial charge in [0, 0.05) is 17.4 Å². The number of benzene rings is 1. The minimum Gasteiger partial charge on any atom is -0.461 e. The molecule has 0 saturated carbocycles. The van der Waals surface area contributed by atoms with E-state index in [1.54, 1.807) is 12.5 Å². The standard InChI is InChI=1S/C16H18N2O2S/c1-12(14-5-3-2-4-6-14)18-11-17-7-15(18)16(19)20-8-13-9-21-10-13/h2-7,11-13H,8-10H2,1H3. The first-order valence-electron chi connectivity index (χ1n) is 7.07. The third kappa shape index (κ3) is 3.13. The highest BCUT2D eigenvalue weighted by Gasteiger charge is 2.22. The Morgan fingerprint density at radius 3 is 2.86 bits per heavy atom. The lowest BCUT2D eigenvalue weighted by molar-refractivity contribution is 0.0445. The molecule has 3 rings (SSSR count). The number of thioether (sulfide) groups is 1. The largest absolute Gasteiger partial charge is 0.461 e. The lowest BCUT2D eigenvalue weighted by Crippen LogP contribution is -2.26. The van der Waals surface area contributed by atoms with Gasteiger partial charge in [0.25, 0.3) is 0 Å². The zero-order chi connectivity index (χ0) is 14.7. The second-order valence-electron chi connectivity index (χ2n) is 5.27. The van der Waals surface area contributed by atoms with E-state index in [2.05, 4.69) is 11.9 Å². The average molecular weight is 302 g/mol. The van der Waals surface area contributed by atoms with Crippen LogP contribution >= 0.6 is 11.8 Å². The fourth-order valence-corrected chi connectivity index (χ4v) is 3.07. The van der Waals surface area contributed by atoms with E-state index >= 15 is 0 Å². The fourth-order valence-electron chi connectivity index (χ4n) is 2.31. The minimum absolute atomic E-state index is 0.0514. The predicted molar refractivity (Wildman–Crippen MR) is 83.6 cm³/mol. The van der Waals surface area contributed by atoms with Crippen LogP contribution in [-0.2, 0) is 4.74 Å². The Kier molecular flexibility index (Phi) is 4.29. The van der Waals surface area contributed by atoms with Crippen LogP contribution in [0.5, 0.6) is 0 Å². The molecule has 2 heterocycles. The van der Waals surface area contributed by atoms with Crippen molar-refractivity contribution in [3.05, 3.63) is 54.1 Å². The summed E-state index contributed by atoms with van der Waals surface area (Å²) in [5.74, 6) is 2.41. The van der Waals surface area contributed by atoms with Crippen molar-refractivity contribution in [2.75, 3.05) is 18.1 Å². The van der Waals surface area contributed by atoms with Crippen LogP contribution in [0.15, 0.2) is 42.9 Å². The maximum absolute atomic E-state index is 12.2. The Morgan fingerprint density at radius 1 is 1.43 bits per heavy atom. The van der Waals surface area contributed by atoms with Crippen molar-refractivity contribution in [1.29, 1.82) is 0 Å². The SMILES string of the molecule is CC(c1ccccc1)n1cncc1C(=O)OCC1CSC1. The molecule has 0 bridgehead atoms. The molecule has 1 aromatic heterocycles. The number of ether oxygens (including phenoxy) is 1. The molecule has 5 heteroatoms. The molecule has 4 nitrogen and oxygen atoms in total. The number of carbonyl (C=O) groups is 1. The van der Waals surface area contributed by atoms with E-state index in [0.717, 1.165) is 17.1 Å². The molecule has 0 aliphatic carbocycles. The Bertz CT molecular complexity index is 608. The summed E-state index contributed by atoms with van der Waals surface area (Å²) in [6, 6.07) is 10.1. The zero-order valence-electron chi connectivity index (χ0n) is 11.9. The molecule has 110 valence electrons. The summed E-state index contributed by atoms with van der Waals surface area (Å²) in [5.41, 5.74) is 1.65. The molecule has 2 aromatic rings. The van der Waals surface area contributed by atoms with Crippen LogP contribution < -0.4 is 0 Å². The second kappa shape index (κ2) is 6.35. The van der Waals surface area contributed by atoms with Crippen molar-refractivity contribution >= 4 is 17.7 Å². The summed E-state index contributed by atoms with van der Waals surface area (Å²) in [7, 11) is 0. The van der Waals surface area contributed by atoms with Crippen molar-refractivity contribution in [2.45, 2.75) is 13.0 Å². The van der Waals surface area contributed by atoms with E-state index in [1.165, 1.54) is 0 Å². The maximum atomic E-state index is 12.2. The second-order valence-corrected chi connectivity index (χ2v) is 6.35. The molecule has 1 aliphatic heterocycles. The van der Waals surface area contributed by atoms with Crippen LogP contribution in [0.25, 0.3) is 0 Å². The Hall–Kier alpha value is -1.75. The third-order valence-corrected chi connectivity index (χ3v) is 5.15. The summed E-state index contributed by atoms with van der Waals surface area (Å²) in [5, 5.41) is 0. The van der Waals surface area contributed by atoms with Crippen molar-refractivity contribution in [3.8, 4) is 0 Å². The summed E-state index contributed by atoms with van der Waals surface area (Å²) < 4.78 is 7.27. The molecule has 1 fully saturated rings. The number of hydrogen-bond acceptors (Lipinski definition) is 4. The lowest BCUT2D eigenvalue weighted by Gasteiger charge is -2.24. The number of nitrogens with zero attached hydrogens (tertiary/aromatic N) is 2. The van der Waals surface area contributed by atoms with Crippen molar-refractivity contribution in [2.24, 2.45) is 5.92 Å². The van der Waals surface area contributed by atoms with E-state index in [4.69, 9.17) is 4.74 Å². The molecule has 1 unspecified atom stereocenters. The van der Waals surface area contributed by atoms with Crippen molar-refractivity contribution in [3.63, 3.8) is 0 Å². The molecule has 1 aromatic carbocycles. The Balaban J connectivity index is 1.72. The normalized spacial score (nSPS) is 16.2. The van der Waals surface area contributed by atoms with Gasteiger partial charge in [-0.1, -0.05) is 30.3 Å². The number of aromatic nitrogens is 2. The van der Waals surface area contributed by atoms with Crippen LogP contribution in [0.3, 0.4) is 0 Å². The van der Waals surface area contributed by atoms with E-state index in [1.807, 2.05) is 46.7 Å². The minimum atomic E-state index is -0.285. The van der Waals surface area contributed by atoms with Crippen LogP contribution in [0, 0.1) is 5.92 Å². The van der Waals surface area contributed by atoms with Crippen LogP contribution in [0.4, 0.5) is 0 Å². The first kappa shape index (κ1) is 14.2. The van der Waals surface area contributed by atoms with Crippen LogP contribution in [0.2, 0.25) is 0 Å². The smallest absolute Gasteiger partial charge is 0.356 e. The highest BCUT2D eigenvalue weighted by atomic mass is 32.2.